The van der Waals surface area contributed by atoms with Gasteiger partial charge in [-0.1, -0.05) is 33.6 Å². The molecule has 19 heavy (non-hydrogen) atoms. The highest BCUT2D eigenvalue weighted by molar-refractivity contribution is 9.10. The van der Waals surface area contributed by atoms with Crippen LogP contribution in [0.1, 0.15) is 18.4 Å². The minimum absolute atomic E-state index is 0. The molecule has 5 heteroatoms. The topological polar surface area (TPSA) is 15.3 Å². The van der Waals surface area contributed by atoms with E-state index in [1.54, 1.807) is 0 Å². The van der Waals surface area contributed by atoms with E-state index in [4.69, 9.17) is 11.6 Å². The zero-order chi connectivity index (χ0) is 12.6. The lowest BCUT2D eigenvalue weighted by Crippen LogP contribution is -2.29. The number of hydrogen-bond acceptors (Lipinski definition) is 2. The first kappa shape index (κ1) is 15.6. The molecule has 0 radical (unpaired) electrons. The lowest BCUT2D eigenvalue weighted by atomic mass is 9.86. The number of rotatable bonds is 2. The van der Waals surface area contributed by atoms with E-state index in [0.717, 1.165) is 16.0 Å². The molecule has 2 fully saturated rings. The van der Waals surface area contributed by atoms with Crippen molar-refractivity contribution < 1.29 is 0 Å². The number of benzene rings is 1. The normalized spacial score (nSPS) is 26.8. The van der Waals surface area contributed by atoms with E-state index < -0.39 is 0 Å². The molecule has 0 saturated carbocycles. The van der Waals surface area contributed by atoms with Crippen LogP contribution in [0.2, 0.25) is 5.02 Å². The Labute approximate surface area is 134 Å². The van der Waals surface area contributed by atoms with Crippen LogP contribution in [0.15, 0.2) is 22.7 Å². The van der Waals surface area contributed by atoms with E-state index in [9.17, 15) is 0 Å². The average Bonchev–Trinajstić information content (AvgIpc) is 2.94. The Morgan fingerprint density at radius 2 is 2.21 bits per heavy atom. The van der Waals surface area contributed by atoms with Crippen molar-refractivity contribution in [1.82, 2.24) is 10.2 Å². The van der Waals surface area contributed by atoms with Gasteiger partial charge in [0.05, 0.1) is 0 Å². The average molecular weight is 366 g/mol. The molecular weight excluding hydrogens is 347 g/mol. The highest BCUT2D eigenvalue weighted by Crippen LogP contribution is 2.37. The summed E-state index contributed by atoms with van der Waals surface area (Å²) in [6.07, 6.45) is 2.66. The Hall–Kier alpha value is 0.200. The first-order chi connectivity index (χ1) is 8.67. The van der Waals surface area contributed by atoms with Gasteiger partial charge in [0, 0.05) is 29.1 Å². The van der Waals surface area contributed by atoms with Gasteiger partial charge in [0.25, 0.3) is 0 Å². The van der Waals surface area contributed by atoms with Crippen molar-refractivity contribution >= 4 is 39.9 Å². The molecule has 106 valence electrons. The fraction of sp³-hybridized carbons (Fsp3) is 0.571. The summed E-state index contributed by atoms with van der Waals surface area (Å²) < 4.78 is 1.05. The van der Waals surface area contributed by atoms with Crippen LogP contribution < -0.4 is 5.32 Å². The van der Waals surface area contributed by atoms with Crippen LogP contribution in [0.5, 0.6) is 0 Å². The second kappa shape index (κ2) is 6.31. The highest BCUT2D eigenvalue weighted by atomic mass is 79.9. The lowest BCUT2D eigenvalue weighted by Gasteiger charge is -2.23. The number of hydrogen-bond donors (Lipinski definition) is 1. The summed E-state index contributed by atoms with van der Waals surface area (Å²) >= 11 is 9.74. The van der Waals surface area contributed by atoms with E-state index in [1.165, 1.54) is 44.6 Å². The minimum atomic E-state index is 0. The van der Waals surface area contributed by atoms with Crippen molar-refractivity contribution in [1.29, 1.82) is 0 Å². The molecule has 1 atom stereocenters. The molecule has 2 nitrogen and oxygen atoms in total. The van der Waals surface area contributed by atoms with Gasteiger partial charge in [0.2, 0.25) is 0 Å². The summed E-state index contributed by atoms with van der Waals surface area (Å²) in [6, 6.07) is 6.19. The summed E-state index contributed by atoms with van der Waals surface area (Å²) in [4.78, 5) is 2.54. The Bertz CT molecular complexity index is 447. The maximum absolute atomic E-state index is 6.29. The van der Waals surface area contributed by atoms with Crippen molar-refractivity contribution in [2.45, 2.75) is 19.4 Å². The molecule has 3 rings (SSSR count). The number of nitrogens with zero attached hydrogens (tertiary/aromatic N) is 1. The van der Waals surface area contributed by atoms with Crippen LogP contribution in [0.4, 0.5) is 0 Å². The van der Waals surface area contributed by atoms with E-state index in [0.29, 0.717) is 5.41 Å². The predicted octanol–water partition coefficient (Wildman–Crippen LogP) is 3.71. The van der Waals surface area contributed by atoms with Gasteiger partial charge in [0.1, 0.15) is 0 Å². The molecule has 1 unspecified atom stereocenters. The van der Waals surface area contributed by atoms with Gasteiger partial charge in [-0.05, 0) is 49.0 Å². The number of nitrogens with one attached hydrogen (secondary N) is 1. The third kappa shape index (κ3) is 3.45. The zero-order valence-electron chi connectivity index (χ0n) is 10.8. The summed E-state index contributed by atoms with van der Waals surface area (Å²) in [5.74, 6) is 0. The molecule has 2 saturated heterocycles. The zero-order valence-corrected chi connectivity index (χ0v) is 14.0. The second-order valence-corrected chi connectivity index (χ2v) is 6.95. The molecule has 2 aliphatic heterocycles. The Morgan fingerprint density at radius 3 is 2.89 bits per heavy atom. The largest absolute Gasteiger partial charge is 0.316 e. The van der Waals surface area contributed by atoms with Crippen LogP contribution in [0, 0.1) is 5.41 Å². The van der Waals surface area contributed by atoms with E-state index in [2.05, 4.69) is 38.3 Å². The molecule has 0 bridgehead atoms. The highest BCUT2D eigenvalue weighted by Gasteiger charge is 2.40. The molecule has 0 amide bonds. The quantitative estimate of drug-likeness (QED) is 0.859. The minimum Gasteiger partial charge on any atom is -0.316 e. The molecular formula is C14H19BrCl2N2. The SMILES string of the molecule is Cl.Clc1cc(Br)ccc1CN1CCC2(CCNC2)C1. The smallest absolute Gasteiger partial charge is 0.0462 e. The molecule has 1 N–H and O–H groups in total. The van der Waals surface area contributed by atoms with E-state index in [-0.39, 0.29) is 12.4 Å². The van der Waals surface area contributed by atoms with Crippen molar-refractivity contribution in [2.75, 3.05) is 26.2 Å². The fourth-order valence-corrected chi connectivity index (χ4v) is 3.93. The Balaban J connectivity index is 0.00000133. The van der Waals surface area contributed by atoms with Crippen LogP contribution in [0.25, 0.3) is 0 Å². The number of likely N-dealkylation sites (tertiary alicyclic amines) is 1. The first-order valence-corrected chi connectivity index (χ1v) is 7.71. The third-order valence-corrected chi connectivity index (χ3v) is 5.10. The van der Waals surface area contributed by atoms with E-state index in [1.807, 2.05) is 6.07 Å². The summed E-state index contributed by atoms with van der Waals surface area (Å²) in [5.41, 5.74) is 1.78. The summed E-state index contributed by atoms with van der Waals surface area (Å²) in [5, 5.41) is 4.37. The van der Waals surface area contributed by atoms with Crippen molar-refractivity contribution in [3.8, 4) is 0 Å². The standard InChI is InChI=1S/C14H18BrClN2.ClH/c15-12-2-1-11(13(16)7-12)8-18-6-4-14(10-18)3-5-17-9-14;/h1-2,7,17H,3-6,8-10H2;1H. The van der Waals surface area contributed by atoms with Gasteiger partial charge in [-0.15, -0.1) is 12.4 Å². The molecule has 2 heterocycles. The molecule has 0 aromatic heterocycles. The predicted molar refractivity (Wildman–Crippen MR) is 86.2 cm³/mol. The van der Waals surface area contributed by atoms with Crippen LogP contribution >= 0.6 is 39.9 Å². The summed E-state index contributed by atoms with van der Waals surface area (Å²) in [6.45, 7) is 5.78. The summed E-state index contributed by atoms with van der Waals surface area (Å²) in [7, 11) is 0. The maximum Gasteiger partial charge on any atom is 0.0462 e. The van der Waals surface area contributed by atoms with Crippen LogP contribution in [-0.4, -0.2) is 31.1 Å². The molecule has 0 aliphatic carbocycles. The lowest BCUT2D eigenvalue weighted by molar-refractivity contribution is 0.269. The van der Waals surface area contributed by atoms with Gasteiger partial charge >= 0.3 is 0 Å². The number of halogens is 3. The maximum atomic E-state index is 6.29. The van der Waals surface area contributed by atoms with Gasteiger partial charge < -0.3 is 5.32 Å². The van der Waals surface area contributed by atoms with Gasteiger partial charge in [-0.25, -0.2) is 0 Å². The molecule has 1 spiro atoms. The van der Waals surface area contributed by atoms with Crippen molar-refractivity contribution in [2.24, 2.45) is 5.41 Å². The van der Waals surface area contributed by atoms with E-state index >= 15 is 0 Å². The second-order valence-electron chi connectivity index (χ2n) is 5.62. The fourth-order valence-electron chi connectivity index (χ4n) is 3.20. The Kier molecular flexibility index (Phi) is 5.18. The van der Waals surface area contributed by atoms with Gasteiger partial charge in [-0.2, -0.15) is 0 Å². The monoisotopic (exact) mass is 364 g/mol. The molecule has 1 aromatic rings. The molecule has 1 aromatic carbocycles. The third-order valence-electron chi connectivity index (χ3n) is 4.26. The van der Waals surface area contributed by atoms with Crippen LogP contribution in [0.3, 0.4) is 0 Å². The van der Waals surface area contributed by atoms with Crippen LogP contribution in [-0.2, 0) is 6.54 Å². The van der Waals surface area contributed by atoms with Gasteiger partial charge in [-0.3, -0.25) is 4.90 Å². The first-order valence-electron chi connectivity index (χ1n) is 6.54. The molecule has 2 aliphatic rings. The van der Waals surface area contributed by atoms with Crippen molar-refractivity contribution in [3.05, 3.63) is 33.3 Å². The Morgan fingerprint density at radius 1 is 1.37 bits per heavy atom. The van der Waals surface area contributed by atoms with Gasteiger partial charge in [0.15, 0.2) is 0 Å². The van der Waals surface area contributed by atoms with Crippen molar-refractivity contribution in [3.63, 3.8) is 0 Å².